The lowest BCUT2D eigenvalue weighted by molar-refractivity contribution is -0.0867. The molecule has 3 heterocycles. The Morgan fingerprint density at radius 1 is 1.17 bits per heavy atom. The van der Waals surface area contributed by atoms with Gasteiger partial charge in [0, 0.05) is 6.20 Å². The molecular formula is C17H13F2N3O2. The van der Waals surface area contributed by atoms with Gasteiger partial charge in [0.05, 0.1) is 24.1 Å². The minimum atomic E-state index is -1.37. The number of hydrogen-bond acceptors (Lipinski definition) is 3. The summed E-state index contributed by atoms with van der Waals surface area (Å²) in [5, 5.41) is 10.5. The van der Waals surface area contributed by atoms with Crippen molar-refractivity contribution in [3.05, 3.63) is 65.5 Å². The molecule has 5 nitrogen and oxygen atoms in total. The van der Waals surface area contributed by atoms with Crippen LogP contribution in [0.3, 0.4) is 0 Å². The van der Waals surface area contributed by atoms with Gasteiger partial charge in [-0.15, -0.1) is 0 Å². The number of aromatic nitrogens is 2. The van der Waals surface area contributed by atoms with Crippen molar-refractivity contribution in [1.29, 1.82) is 0 Å². The van der Waals surface area contributed by atoms with Crippen LogP contribution in [-0.4, -0.2) is 39.0 Å². The molecule has 0 unspecified atom stereocenters. The van der Waals surface area contributed by atoms with Crippen LogP contribution in [0.1, 0.15) is 16.1 Å². The summed E-state index contributed by atoms with van der Waals surface area (Å²) in [6, 6.07) is 8.38. The number of aliphatic hydroxyl groups is 1. The number of benzene rings is 1. The maximum absolute atomic E-state index is 13.3. The van der Waals surface area contributed by atoms with E-state index in [2.05, 4.69) is 9.97 Å². The van der Waals surface area contributed by atoms with E-state index in [1.54, 1.807) is 24.4 Å². The minimum Gasteiger partial charge on any atom is -0.381 e. The summed E-state index contributed by atoms with van der Waals surface area (Å²) in [6.07, 6.45) is 1.73. The Bertz CT molecular complexity index is 948. The Balaban J connectivity index is 1.53. The van der Waals surface area contributed by atoms with Crippen LogP contribution >= 0.6 is 0 Å². The second-order valence-electron chi connectivity index (χ2n) is 5.93. The van der Waals surface area contributed by atoms with Gasteiger partial charge in [-0.25, -0.2) is 13.8 Å². The first-order chi connectivity index (χ1) is 11.5. The number of pyridine rings is 1. The molecular weight excluding hydrogens is 316 g/mol. The maximum atomic E-state index is 13.3. The van der Waals surface area contributed by atoms with Crippen LogP contribution in [0.5, 0.6) is 0 Å². The Labute approximate surface area is 135 Å². The predicted octanol–water partition coefficient (Wildman–Crippen LogP) is 2.18. The Kier molecular flexibility index (Phi) is 3.14. The SMILES string of the molecule is O=C(c1ccc2[nH]ccc2n1)N1CC(O)(c2ccc(F)c(F)c2)C1. The standard InChI is InChI=1S/C17H13F2N3O2/c18-11-2-1-10(7-12(11)19)17(24)8-22(9-17)16(23)15-4-3-13-14(21-15)5-6-20-13/h1-7,20,24H,8-9H2. The van der Waals surface area contributed by atoms with Crippen molar-refractivity contribution < 1.29 is 18.7 Å². The molecule has 0 spiro atoms. The first-order valence-corrected chi connectivity index (χ1v) is 7.38. The predicted molar refractivity (Wildman–Crippen MR) is 82.3 cm³/mol. The molecule has 7 heteroatoms. The van der Waals surface area contributed by atoms with Crippen LogP contribution < -0.4 is 0 Å². The first-order valence-electron chi connectivity index (χ1n) is 7.38. The first kappa shape index (κ1) is 14.8. The third kappa shape index (κ3) is 2.25. The van der Waals surface area contributed by atoms with Crippen molar-refractivity contribution in [1.82, 2.24) is 14.9 Å². The second kappa shape index (κ2) is 5.10. The maximum Gasteiger partial charge on any atom is 0.272 e. The number of carbonyl (C=O) groups excluding carboxylic acids is 1. The quantitative estimate of drug-likeness (QED) is 0.757. The molecule has 1 aliphatic heterocycles. The number of H-pyrrole nitrogens is 1. The van der Waals surface area contributed by atoms with E-state index >= 15 is 0 Å². The van der Waals surface area contributed by atoms with Crippen molar-refractivity contribution in [2.24, 2.45) is 0 Å². The topological polar surface area (TPSA) is 69.2 Å². The Morgan fingerprint density at radius 2 is 1.96 bits per heavy atom. The number of β-amino-alcohol motifs (C(OH)–C–C–N with tert-alkyl or cyclic N) is 1. The van der Waals surface area contributed by atoms with E-state index in [9.17, 15) is 18.7 Å². The summed E-state index contributed by atoms with van der Waals surface area (Å²) in [6.45, 7) is 0.00746. The molecule has 3 aromatic rings. The molecule has 0 saturated carbocycles. The molecule has 24 heavy (non-hydrogen) atoms. The second-order valence-corrected chi connectivity index (χ2v) is 5.93. The van der Waals surface area contributed by atoms with Gasteiger partial charge in [-0.1, -0.05) is 6.07 Å². The highest BCUT2D eigenvalue weighted by atomic mass is 19.2. The molecule has 4 rings (SSSR count). The summed E-state index contributed by atoms with van der Waals surface area (Å²) < 4.78 is 26.3. The molecule has 0 bridgehead atoms. The zero-order valence-electron chi connectivity index (χ0n) is 12.5. The normalized spacial score (nSPS) is 16.2. The van der Waals surface area contributed by atoms with Gasteiger partial charge in [0.2, 0.25) is 0 Å². The van der Waals surface area contributed by atoms with Crippen LogP contribution in [0.4, 0.5) is 8.78 Å². The van der Waals surface area contributed by atoms with Gasteiger partial charge >= 0.3 is 0 Å². The van der Waals surface area contributed by atoms with E-state index in [0.29, 0.717) is 5.52 Å². The number of aromatic amines is 1. The van der Waals surface area contributed by atoms with E-state index < -0.39 is 17.2 Å². The van der Waals surface area contributed by atoms with Crippen molar-refractivity contribution in [2.75, 3.05) is 13.1 Å². The van der Waals surface area contributed by atoms with Crippen molar-refractivity contribution in [2.45, 2.75) is 5.60 Å². The van der Waals surface area contributed by atoms with Crippen molar-refractivity contribution in [3.63, 3.8) is 0 Å². The molecule has 1 aromatic carbocycles. The fourth-order valence-electron chi connectivity index (χ4n) is 2.91. The number of fused-ring (bicyclic) bond motifs is 1. The van der Waals surface area contributed by atoms with Crippen molar-refractivity contribution in [3.8, 4) is 0 Å². The molecule has 1 saturated heterocycles. The Hall–Kier alpha value is -2.80. The summed E-state index contributed by atoms with van der Waals surface area (Å²) in [4.78, 5) is 21.1. The zero-order valence-corrected chi connectivity index (χ0v) is 12.5. The number of nitrogens with one attached hydrogen (secondary N) is 1. The number of rotatable bonds is 2. The van der Waals surface area contributed by atoms with E-state index in [4.69, 9.17) is 0 Å². The zero-order chi connectivity index (χ0) is 16.9. The smallest absolute Gasteiger partial charge is 0.272 e. The molecule has 2 N–H and O–H groups in total. The number of hydrogen-bond donors (Lipinski definition) is 2. The Morgan fingerprint density at radius 3 is 2.71 bits per heavy atom. The fourth-order valence-corrected chi connectivity index (χ4v) is 2.91. The van der Waals surface area contributed by atoms with Gasteiger partial charge in [0.25, 0.3) is 5.91 Å². The van der Waals surface area contributed by atoms with Gasteiger partial charge in [0.15, 0.2) is 11.6 Å². The van der Waals surface area contributed by atoms with Crippen LogP contribution in [-0.2, 0) is 5.60 Å². The molecule has 2 aromatic heterocycles. The lowest BCUT2D eigenvalue weighted by atomic mass is 9.85. The largest absolute Gasteiger partial charge is 0.381 e. The number of amides is 1. The number of carbonyl (C=O) groups is 1. The van der Waals surface area contributed by atoms with E-state index in [-0.39, 0.29) is 30.3 Å². The van der Waals surface area contributed by atoms with E-state index in [0.717, 1.165) is 17.6 Å². The third-order valence-corrected chi connectivity index (χ3v) is 4.27. The summed E-state index contributed by atoms with van der Waals surface area (Å²) >= 11 is 0. The number of halogens is 2. The van der Waals surface area contributed by atoms with Gasteiger partial charge in [-0.3, -0.25) is 4.79 Å². The highest BCUT2D eigenvalue weighted by Gasteiger charge is 2.45. The highest BCUT2D eigenvalue weighted by Crippen LogP contribution is 2.33. The molecule has 1 aliphatic rings. The molecule has 1 fully saturated rings. The monoisotopic (exact) mass is 329 g/mol. The van der Waals surface area contributed by atoms with Gasteiger partial charge in [-0.05, 0) is 35.9 Å². The fraction of sp³-hybridized carbons (Fsp3) is 0.176. The molecule has 122 valence electrons. The average Bonchev–Trinajstić information content (AvgIpc) is 3.01. The summed E-state index contributed by atoms with van der Waals surface area (Å²) in [7, 11) is 0. The number of nitrogens with zero attached hydrogens (tertiary/aromatic N) is 2. The van der Waals surface area contributed by atoms with Gasteiger partial charge in [0.1, 0.15) is 11.3 Å². The van der Waals surface area contributed by atoms with E-state index in [1.165, 1.54) is 11.0 Å². The van der Waals surface area contributed by atoms with Gasteiger partial charge < -0.3 is 15.0 Å². The highest BCUT2D eigenvalue weighted by molar-refractivity contribution is 5.95. The van der Waals surface area contributed by atoms with Gasteiger partial charge in [-0.2, -0.15) is 0 Å². The lowest BCUT2D eigenvalue weighted by Crippen LogP contribution is -2.61. The molecule has 0 radical (unpaired) electrons. The minimum absolute atomic E-state index is 0.00373. The van der Waals surface area contributed by atoms with Crippen LogP contribution in [0.15, 0.2) is 42.6 Å². The summed E-state index contributed by atoms with van der Waals surface area (Å²) in [5.41, 5.74) is 0.655. The molecule has 0 aliphatic carbocycles. The molecule has 0 atom stereocenters. The number of likely N-dealkylation sites (tertiary alicyclic amines) is 1. The average molecular weight is 329 g/mol. The lowest BCUT2D eigenvalue weighted by Gasteiger charge is -2.46. The van der Waals surface area contributed by atoms with Crippen LogP contribution in [0.25, 0.3) is 11.0 Å². The van der Waals surface area contributed by atoms with Crippen LogP contribution in [0, 0.1) is 11.6 Å². The van der Waals surface area contributed by atoms with Crippen molar-refractivity contribution >= 4 is 16.9 Å². The summed E-state index contributed by atoms with van der Waals surface area (Å²) in [5.74, 6) is -2.31. The van der Waals surface area contributed by atoms with Crippen LogP contribution in [0.2, 0.25) is 0 Å². The molecule has 1 amide bonds. The van der Waals surface area contributed by atoms with E-state index in [1.807, 2.05) is 0 Å². The third-order valence-electron chi connectivity index (χ3n) is 4.27.